The quantitative estimate of drug-likeness (QED) is 0.883. The third-order valence-corrected chi connectivity index (χ3v) is 4.14. The molecule has 1 saturated heterocycles. The SMILES string of the molecule is COc1cncc(OC2CCCN(C(=O)c3c[nH]c(=O)c(Cl)c3)C2)n1. The zero-order valence-electron chi connectivity index (χ0n) is 13.6. The van der Waals surface area contributed by atoms with Crippen LogP contribution in [0.2, 0.25) is 5.02 Å². The highest BCUT2D eigenvalue weighted by atomic mass is 35.5. The van der Waals surface area contributed by atoms with E-state index in [1.54, 1.807) is 4.90 Å². The fraction of sp³-hybridized carbons (Fsp3) is 0.375. The second-order valence-corrected chi connectivity index (χ2v) is 6.01. The predicted molar refractivity (Wildman–Crippen MR) is 90.2 cm³/mol. The Morgan fingerprint density at radius 3 is 2.96 bits per heavy atom. The van der Waals surface area contributed by atoms with E-state index in [0.29, 0.717) is 30.4 Å². The molecule has 0 aliphatic carbocycles. The van der Waals surface area contributed by atoms with E-state index in [1.165, 1.54) is 31.8 Å². The van der Waals surface area contributed by atoms with Gasteiger partial charge >= 0.3 is 0 Å². The summed E-state index contributed by atoms with van der Waals surface area (Å²) < 4.78 is 10.8. The highest BCUT2D eigenvalue weighted by Gasteiger charge is 2.26. The summed E-state index contributed by atoms with van der Waals surface area (Å²) in [6.07, 6.45) is 5.76. The normalized spacial score (nSPS) is 17.2. The Kier molecular flexibility index (Phi) is 5.18. The first-order chi connectivity index (χ1) is 12.1. The van der Waals surface area contributed by atoms with Crippen molar-refractivity contribution in [1.29, 1.82) is 0 Å². The van der Waals surface area contributed by atoms with Gasteiger partial charge < -0.3 is 19.4 Å². The van der Waals surface area contributed by atoms with Crippen LogP contribution in [0.5, 0.6) is 11.8 Å². The number of hydrogen-bond acceptors (Lipinski definition) is 6. The molecule has 1 amide bonds. The van der Waals surface area contributed by atoms with Gasteiger partial charge in [-0.1, -0.05) is 11.6 Å². The van der Waals surface area contributed by atoms with Crippen molar-refractivity contribution >= 4 is 17.5 Å². The molecule has 1 aliphatic heterocycles. The zero-order chi connectivity index (χ0) is 17.8. The van der Waals surface area contributed by atoms with Gasteiger partial charge in [0, 0.05) is 12.7 Å². The summed E-state index contributed by atoms with van der Waals surface area (Å²) in [5.41, 5.74) is -0.0823. The number of carbonyl (C=O) groups is 1. The molecule has 0 saturated carbocycles. The number of hydrogen-bond donors (Lipinski definition) is 1. The maximum absolute atomic E-state index is 12.6. The van der Waals surface area contributed by atoms with E-state index in [4.69, 9.17) is 21.1 Å². The monoisotopic (exact) mass is 364 g/mol. The smallest absolute Gasteiger partial charge is 0.266 e. The predicted octanol–water partition coefficient (Wildman–Crippen LogP) is 1.51. The summed E-state index contributed by atoms with van der Waals surface area (Å²) >= 11 is 5.80. The number of methoxy groups -OCH3 is 1. The topological polar surface area (TPSA) is 97.4 Å². The van der Waals surface area contributed by atoms with Crippen molar-refractivity contribution in [3.8, 4) is 11.8 Å². The molecule has 1 unspecified atom stereocenters. The number of aromatic nitrogens is 3. The van der Waals surface area contributed by atoms with Gasteiger partial charge in [0.25, 0.3) is 11.5 Å². The lowest BCUT2D eigenvalue weighted by Crippen LogP contribution is -2.44. The Bertz CT molecular complexity index is 826. The van der Waals surface area contributed by atoms with Gasteiger partial charge in [-0.15, -0.1) is 0 Å². The van der Waals surface area contributed by atoms with Crippen molar-refractivity contribution in [3.05, 3.63) is 45.6 Å². The Balaban J connectivity index is 1.68. The van der Waals surface area contributed by atoms with Gasteiger partial charge in [-0.05, 0) is 18.9 Å². The first kappa shape index (κ1) is 17.2. The lowest BCUT2D eigenvalue weighted by atomic mass is 10.1. The zero-order valence-corrected chi connectivity index (χ0v) is 14.3. The van der Waals surface area contributed by atoms with Crippen LogP contribution in [0.4, 0.5) is 0 Å². The first-order valence-corrected chi connectivity index (χ1v) is 8.15. The molecule has 1 N–H and O–H groups in total. The van der Waals surface area contributed by atoms with E-state index in [-0.39, 0.29) is 17.0 Å². The van der Waals surface area contributed by atoms with Crippen LogP contribution in [-0.4, -0.2) is 52.1 Å². The molecule has 0 bridgehead atoms. The van der Waals surface area contributed by atoms with Crippen molar-refractivity contribution < 1.29 is 14.3 Å². The molecule has 2 aromatic rings. The molecule has 1 aliphatic rings. The largest absolute Gasteiger partial charge is 0.480 e. The van der Waals surface area contributed by atoms with Crippen molar-refractivity contribution in [2.75, 3.05) is 20.2 Å². The summed E-state index contributed by atoms with van der Waals surface area (Å²) in [4.78, 5) is 36.2. The molecule has 3 heterocycles. The minimum Gasteiger partial charge on any atom is -0.480 e. The van der Waals surface area contributed by atoms with Crippen LogP contribution in [0.25, 0.3) is 0 Å². The van der Waals surface area contributed by atoms with Crippen molar-refractivity contribution in [1.82, 2.24) is 19.9 Å². The minimum atomic E-state index is -0.422. The Hall–Kier alpha value is -2.61. The number of rotatable bonds is 4. The number of H-pyrrole nitrogens is 1. The molecular formula is C16H17ClN4O4. The molecule has 1 atom stereocenters. The Morgan fingerprint density at radius 1 is 1.40 bits per heavy atom. The molecule has 25 heavy (non-hydrogen) atoms. The van der Waals surface area contributed by atoms with Gasteiger partial charge in [-0.3, -0.25) is 14.6 Å². The summed E-state index contributed by atoms with van der Waals surface area (Å²) in [5, 5.41) is -0.0117. The van der Waals surface area contributed by atoms with E-state index < -0.39 is 5.56 Å². The summed E-state index contributed by atoms with van der Waals surface area (Å²) in [6.45, 7) is 1.02. The molecule has 8 nitrogen and oxygen atoms in total. The van der Waals surface area contributed by atoms with E-state index in [2.05, 4.69) is 15.0 Å². The van der Waals surface area contributed by atoms with Crippen molar-refractivity contribution in [2.45, 2.75) is 18.9 Å². The molecule has 1 fully saturated rings. The lowest BCUT2D eigenvalue weighted by molar-refractivity contribution is 0.0525. The van der Waals surface area contributed by atoms with Crippen LogP contribution < -0.4 is 15.0 Å². The molecule has 132 valence electrons. The molecule has 0 spiro atoms. The van der Waals surface area contributed by atoms with E-state index >= 15 is 0 Å². The highest BCUT2D eigenvalue weighted by molar-refractivity contribution is 6.30. The van der Waals surface area contributed by atoms with Crippen LogP contribution in [0.1, 0.15) is 23.2 Å². The van der Waals surface area contributed by atoms with Crippen LogP contribution in [-0.2, 0) is 0 Å². The van der Waals surface area contributed by atoms with Gasteiger partial charge in [0.2, 0.25) is 11.8 Å². The summed E-state index contributed by atoms with van der Waals surface area (Å²) in [5.74, 6) is 0.512. The van der Waals surface area contributed by atoms with Crippen molar-refractivity contribution in [2.24, 2.45) is 0 Å². The van der Waals surface area contributed by atoms with Crippen LogP contribution in [0.3, 0.4) is 0 Å². The number of amides is 1. The first-order valence-electron chi connectivity index (χ1n) is 7.77. The number of likely N-dealkylation sites (tertiary alicyclic amines) is 1. The van der Waals surface area contributed by atoms with Crippen LogP contribution >= 0.6 is 11.6 Å². The summed E-state index contributed by atoms with van der Waals surface area (Å²) in [6, 6.07) is 1.38. The lowest BCUT2D eigenvalue weighted by Gasteiger charge is -2.32. The van der Waals surface area contributed by atoms with Gasteiger partial charge in [0.05, 0.1) is 31.6 Å². The molecule has 9 heteroatoms. The fourth-order valence-corrected chi connectivity index (χ4v) is 2.81. The fourth-order valence-electron chi connectivity index (χ4n) is 2.64. The average Bonchev–Trinajstić information content (AvgIpc) is 2.64. The van der Waals surface area contributed by atoms with Crippen molar-refractivity contribution in [3.63, 3.8) is 0 Å². The second kappa shape index (κ2) is 7.52. The number of carbonyl (C=O) groups excluding carboxylic acids is 1. The van der Waals surface area contributed by atoms with Gasteiger partial charge in [0.1, 0.15) is 11.1 Å². The van der Waals surface area contributed by atoms with Gasteiger partial charge in [-0.2, -0.15) is 4.98 Å². The standard InChI is InChI=1S/C16H17ClN4O4/c1-24-13-7-18-8-14(20-13)25-11-3-2-4-21(9-11)16(23)10-5-12(17)15(22)19-6-10/h5-8,11H,2-4,9H2,1H3,(H,19,22). The van der Waals surface area contributed by atoms with Gasteiger partial charge in [0.15, 0.2) is 0 Å². The number of nitrogens with zero attached hydrogens (tertiary/aromatic N) is 3. The Labute approximate surface area is 148 Å². The molecule has 0 radical (unpaired) electrons. The van der Waals surface area contributed by atoms with E-state index in [9.17, 15) is 9.59 Å². The maximum atomic E-state index is 12.6. The number of pyridine rings is 1. The second-order valence-electron chi connectivity index (χ2n) is 5.60. The third-order valence-electron chi connectivity index (χ3n) is 3.86. The highest BCUT2D eigenvalue weighted by Crippen LogP contribution is 2.19. The van der Waals surface area contributed by atoms with Crippen LogP contribution in [0.15, 0.2) is 29.5 Å². The number of nitrogens with one attached hydrogen (secondary N) is 1. The number of piperidine rings is 1. The Morgan fingerprint density at radius 2 is 2.20 bits per heavy atom. The third kappa shape index (κ3) is 4.08. The van der Waals surface area contributed by atoms with E-state index in [1.807, 2.05) is 0 Å². The minimum absolute atomic E-state index is 0.0117. The van der Waals surface area contributed by atoms with Crippen LogP contribution in [0, 0.1) is 0 Å². The molecular weight excluding hydrogens is 348 g/mol. The summed E-state index contributed by atoms with van der Waals surface area (Å²) in [7, 11) is 1.50. The molecule has 2 aromatic heterocycles. The van der Waals surface area contributed by atoms with E-state index in [0.717, 1.165) is 12.8 Å². The maximum Gasteiger partial charge on any atom is 0.266 e. The number of ether oxygens (including phenoxy) is 2. The molecule has 0 aromatic carbocycles. The van der Waals surface area contributed by atoms with Gasteiger partial charge in [-0.25, -0.2) is 0 Å². The number of aromatic amines is 1. The molecule has 3 rings (SSSR count). The number of halogens is 1. The average molecular weight is 365 g/mol.